The Kier molecular flexibility index (Phi) is 5.96. The van der Waals surface area contributed by atoms with Crippen LogP contribution in [-0.4, -0.2) is 16.8 Å². The first kappa shape index (κ1) is 15.3. The smallest absolute Gasteiger partial charge is 0.274 e. The number of rotatable bonds is 5. The number of carbonyl (C=O) groups is 1. The summed E-state index contributed by atoms with van der Waals surface area (Å²) in [7, 11) is 0. The molecule has 5 heteroatoms. The molecule has 0 saturated heterocycles. The van der Waals surface area contributed by atoms with Gasteiger partial charge in [0.05, 0.1) is 0 Å². The maximum absolute atomic E-state index is 12.6. The number of thioether (sulfide) groups is 1. The highest BCUT2D eigenvalue weighted by molar-refractivity contribution is 7.99. The van der Waals surface area contributed by atoms with E-state index in [9.17, 15) is 9.18 Å². The van der Waals surface area contributed by atoms with E-state index in [1.807, 2.05) is 30.8 Å². The Morgan fingerprint density at radius 3 is 2.72 bits per heavy atom. The number of benzene rings is 1. The van der Waals surface area contributed by atoms with Crippen molar-refractivity contribution < 1.29 is 9.18 Å². The highest BCUT2D eigenvalue weighted by atomic mass is 35.5. The molecule has 1 aromatic rings. The lowest BCUT2D eigenvalue weighted by atomic mass is 10.1. The summed E-state index contributed by atoms with van der Waals surface area (Å²) in [5.74, 6) is 0.0427. The normalized spacial score (nSPS) is 12.6. The number of amides is 1. The summed E-state index contributed by atoms with van der Waals surface area (Å²) in [4.78, 5) is 11.2. The van der Waals surface area contributed by atoms with Gasteiger partial charge >= 0.3 is 0 Å². The fourth-order valence-electron chi connectivity index (χ4n) is 1.42. The van der Waals surface area contributed by atoms with E-state index < -0.39 is 11.5 Å². The highest BCUT2D eigenvalue weighted by Gasteiger charge is 2.15. The van der Waals surface area contributed by atoms with Crippen molar-refractivity contribution in [3.8, 4) is 0 Å². The summed E-state index contributed by atoms with van der Waals surface area (Å²) < 4.78 is 12.6. The van der Waals surface area contributed by atoms with Crippen molar-refractivity contribution in [1.29, 1.82) is 0 Å². The summed E-state index contributed by atoms with van der Waals surface area (Å²) in [5, 5.41) is 3.02. The molecule has 0 fully saturated rings. The van der Waals surface area contributed by atoms with Crippen LogP contribution in [-0.2, 0) is 10.5 Å². The monoisotopic (exact) mass is 289 g/mol. The van der Waals surface area contributed by atoms with E-state index in [4.69, 9.17) is 11.6 Å². The second-order valence-corrected chi connectivity index (χ2v) is 6.19. The van der Waals surface area contributed by atoms with Gasteiger partial charge in [0.1, 0.15) is 0 Å². The topological polar surface area (TPSA) is 29.1 Å². The van der Waals surface area contributed by atoms with Gasteiger partial charge in [-0.05, 0) is 29.4 Å². The van der Waals surface area contributed by atoms with Crippen LogP contribution in [0.3, 0.4) is 0 Å². The summed E-state index contributed by atoms with van der Waals surface area (Å²) in [6.45, 7) is 6.17. The van der Waals surface area contributed by atoms with Gasteiger partial charge in [0.25, 0.3) is 11.5 Å². The van der Waals surface area contributed by atoms with Gasteiger partial charge in [0.15, 0.2) is 0 Å². The van der Waals surface area contributed by atoms with Crippen molar-refractivity contribution >= 4 is 35.0 Å². The van der Waals surface area contributed by atoms with Crippen LogP contribution >= 0.6 is 23.4 Å². The van der Waals surface area contributed by atoms with Crippen LogP contribution in [0.5, 0.6) is 0 Å². The average Bonchev–Trinajstić information content (AvgIpc) is 2.29. The Morgan fingerprint density at radius 1 is 1.50 bits per heavy atom. The van der Waals surface area contributed by atoms with Crippen molar-refractivity contribution in [1.82, 2.24) is 0 Å². The van der Waals surface area contributed by atoms with Crippen molar-refractivity contribution in [3.05, 3.63) is 29.3 Å². The Morgan fingerprint density at radius 2 is 2.17 bits per heavy atom. The number of hydrogen-bond acceptors (Lipinski definition) is 2. The van der Waals surface area contributed by atoms with Gasteiger partial charge in [-0.25, -0.2) is 4.39 Å². The van der Waals surface area contributed by atoms with E-state index in [2.05, 4.69) is 19.2 Å². The minimum atomic E-state index is -2.02. The summed E-state index contributed by atoms with van der Waals surface area (Å²) in [5.41, 5.74) is 0.691. The van der Waals surface area contributed by atoms with Gasteiger partial charge in [-0.1, -0.05) is 37.6 Å². The van der Waals surface area contributed by atoms with Crippen LogP contribution in [0.2, 0.25) is 0 Å². The van der Waals surface area contributed by atoms with Crippen LogP contribution in [0.1, 0.15) is 25.0 Å². The molecule has 0 spiro atoms. The third-order valence-electron chi connectivity index (χ3n) is 2.47. The fourth-order valence-corrected chi connectivity index (χ4v) is 2.30. The largest absolute Gasteiger partial charge is 0.322 e. The summed E-state index contributed by atoms with van der Waals surface area (Å²) in [6, 6.07) is 5.60. The molecule has 0 saturated carbocycles. The van der Waals surface area contributed by atoms with Crippen LogP contribution < -0.4 is 5.32 Å². The highest BCUT2D eigenvalue weighted by Crippen LogP contribution is 2.25. The van der Waals surface area contributed by atoms with Crippen molar-refractivity contribution in [2.75, 3.05) is 5.32 Å². The van der Waals surface area contributed by atoms with Crippen molar-refractivity contribution in [3.63, 3.8) is 0 Å². The van der Waals surface area contributed by atoms with E-state index in [0.29, 0.717) is 10.9 Å². The summed E-state index contributed by atoms with van der Waals surface area (Å²) in [6.07, 6.45) is 0. The first-order chi connectivity index (χ1) is 8.41. The van der Waals surface area contributed by atoms with Crippen LogP contribution in [0.4, 0.5) is 10.1 Å². The van der Waals surface area contributed by atoms with E-state index >= 15 is 0 Å². The molecule has 1 amide bonds. The molecule has 0 aromatic heterocycles. The van der Waals surface area contributed by atoms with E-state index in [-0.39, 0.29) is 0 Å². The molecule has 1 atom stereocenters. The van der Waals surface area contributed by atoms with E-state index in [0.717, 1.165) is 16.9 Å². The van der Waals surface area contributed by atoms with E-state index in [1.165, 1.54) is 0 Å². The van der Waals surface area contributed by atoms with Crippen LogP contribution in [0.25, 0.3) is 0 Å². The molecule has 0 aliphatic carbocycles. The van der Waals surface area contributed by atoms with E-state index in [1.54, 1.807) is 6.07 Å². The molecule has 18 heavy (non-hydrogen) atoms. The minimum Gasteiger partial charge on any atom is -0.322 e. The zero-order valence-corrected chi connectivity index (χ0v) is 12.2. The number of nitrogens with one attached hydrogen (secondary N) is 1. The Hall–Kier alpha value is -0.740. The third-order valence-corrected chi connectivity index (χ3v) is 3.82. The minimum absolute atomic E-state index is 0.542. The lowest BCUT2D eigenvalue weighted by Gasteiger charge is -2.13. The zero-order valence-electron chi connectivity index (χ0n) is 10.7. The molecule has 100 valence electrons. The van der Waals surface area contributed by atoms with Crippen molar-refractivity contribution in [2.24, 2.45) is 0 Å². The number of anilines is 1. The lowest BCUT2D eigenvalue weighted by Crippen LogP contribution is -2.20. The van der Waals surface area contributed by atoms with Gasteiger partial charge in [-0.2, -0.15) is 11.8 Å². The molecule has 1 rings (SSSR count). The van der Waals surface area contributed by atoms with Crippen molar-refractivity contribution in [2.45, 2.75) is 37.4 Å². The first-order valence-electron chi connectivity index (χ1n) is 5.71. The quantitative estimate of drug-likeness (QED) is 0.827. The molecule has 0 bridgehead atoms. The standard InChI is InChI=1S/C13H17ClFNOS/c1-8(2)18-7-10-5-4-6-11(9(10)3)16-13(17)12(14)15/h4-6,8,12H,7H2,1-3H3,(H,16,17). The molecule has 0 aliphatic heterocycles. The predicted octanol–water partition coefficient (Wildman–Crippen LogP) is 4.11. The maximum atomic E-state index is 12.6. The Bertz CT molecular complexity index is 423. The third kappa shape index (κ3) is 4.50. The molecule has 1 N–H and O–H groups in total. The SMILES string of the molecule is Cc1c(CSC(C)C)cccc1NC(=O)C(F)Cl. The Balaban J connectivity index is 2.81. The van der Waals surface area contributed by atoms with Crippen LogP contribution in [0, 0.1) is 6.92 Å². The number of halogens is 2. The molecule has 0 aliphatic rings. The van der Waals surface area contributed by atoms with Gasteiger partial charge in [-0.15, -0.1) is 0 Å². The summed E-state index contributed by atoms with van der Waals surface area (Å²) >= 11 is 6.91. The fraction of sp³-hybridized carbons (Fsp3) is 0.462. The van der Waals surface area contributed by atoms with Gasteiger partial charge in [0, 0.05) is 11.4 Å². The van der Waals surface area contributed by atoms with Gasteiger partial charge in [-0.3, -0.25) is 4.79 Å². The average molecular weight is 290 g/mol. The molecule has 0 radical (unpaired) electrons. The Labute approximate surface area is 116 Å². The molecule has 1 aromatic carbocycles. The number of alkyl halides is 2. The maximum Gasteiger partial charge on any atom is 0.274 e. The lowest BCUT2D eigenvalue weighted by molar-refractivity contribution is -0.118. The first-order valence-corrected chi connectivity index (χ1v) is 7.19. The zero-order chi connectivity index (χ0) is 13.7. The molecule has 0 heterocycles. The molecule has 2 nitrogen and oxygen atoms in total. The van der Waals surface area contributed by atoms with Gasteiger partial charge < -0.3 is 5.32 Å². The van der Waals surface area contributed by atoms with Crippen LogP contribution in [0.15, 0.2) is 18.2 Å². The van der Waals surface area contributed by atoms with Gasteiger partial charge in [0.2, 0.25) is 0 Å². The predicted molar refractivity (Wildman–Crippen MR) is 77.0 cm³/mol. The number of carbonyl (C=O) groups excluding carboxylic acids is 1. The number of hydrogen-bond donors (Lipinski definition) is 1. The molecule has 1 unspecified atom stereocenters. The second-order valence-electron chi connectivity index (χ2n) is 4.24. The second kappa shape index (κ2) is 7.00. The molecular formula is C13H17ClFNOS. The molecular weight excluding hydrogens is 273 g/mol.